The molecule has 1 fully saturated rings. The van der Waals surface area contributed by atoms with Gasteiger partial charge >= 0.3 is 0 Å². The molecule has 5 heteroatoms. The van der Waals surface area contributed by atoms with Crippen molar-refractivity contribution in [3.63, 3.8) is 0 Å². The zero-order valence-electron chi connectivity index (χ0n) is 9.16. The lowest BCUT2D eigenvalue weighted by atomic mass is 10.1. The zero-order valence-corrected chi connectivity index (χ0v) is 9.16. The third kappa shape index (κ3) is 3.00. The van der Waals surface area contributed by atoms with E-state index in [-0.39, 0.29) is 6.04 Å². The summed E-state index contributed by atoms with van der Waals surface area (Å²) in [4.78, 5) is 4.16. The Balaban J connectivity index is 1.84. The highest BCUT2D eigenvalue weighted by Crippen LogP contribution is 2.11. The molecule has 2 rings (SSSR count). The SMILES string of the molecule is CC(NC1CCCNCC1)c1ncn[nH]1. The molecule has 1 aromatic heterocycles. The highest BCUT2D eigenvalue weighted by molar-refractivity contribution is 4.90. The molecule has 1 saturated heterocycles. The van der Waals surface area contributed by atoms with Crippen LogP contribution < -0.4 is 10.6 Å². The van der Waals surface area contributed by atoms with E-state index in [4.69, 9.17) is 0 Å². The molecule has 15 heavy (non-hydrogen) atoms. The quantitative estimate of drug-likeness (QED) is 0.682. The van der Waals surface area contributed by atoms with Gasteiger partial charge in [0.05, 0.1) is 6.04 Å². The van der Waals surface area contributed by atoms with Crippen LogP contribution in [0.4, 0.5) is 0 Å². The molecule has 0 radical (unpaired) electrons. The standard InChI is InChI=1S/C10H19N5/c1-8(10-12-7-13-15-10)14-9-3-2-5-11-6-4-9/h7-9,11,14H,2-6H2,1H3,(H,12,13,15). The van der Waals surface area contributed by atoms with Crippen LogP contribution in [0.2, 0.25) is 0 Å². The average molecular weight is 209 g/mol. The molecule has 1 aliphatic heterocycles. The Labute approximate surface area is 90.1 Å². The molecule has 0 saturated carbocycles. The molecule has 2 atom stereocenters. The van der Waals surface area contributed by atoms with Crippen molar-refractivity contribution in [2.45, 2.75) is 38.3 Å². The van der Waals surface area contributed by atoms with Gasteiger partial charge in [-0.15, -0.1) is 0 Å². The van der Waals surface area contributed by atoms with Crippen molar-refractivity contribution in [2.24, 2.45) is 0 Å². The van der Waals surface area contributed by atoms with Gasteiger partial charge in [0.25, 0.3) is 0 Å². The van der Waals surface area contributed by atoms with Gasteiger partial charge in [-0.1, -0.05) is 0 Å². The van der Waals surface area contributed by atoms with Gasteiger partial charge in [0.15, 0.2) is 0 Å². The molecule has 3 N–H and O–H groups in total. The van der Waals surface area contributed by atoms with Crippen LogP contribution in [-0.4, -0.2) is 34.3 Å². The monoisotopic (exact) mass is 209 g/mol. The highest BCUT2D eigenvalue weighted by atomic mass is 15.2. The number of H-pyrrole nitrogens is 1. The summed E-state index contributed by atoms with van der Waals surface area (Å²) in [6, 6.07) is 0.857. The van der Waals surface area contributed by atoms with E-state index in [0.717, 1.165) is 18.9 Å². The number of rotatable bonds is 3. The van der Waals surface area contributed by atoms with Gasteiger partial charge in [0.1, 0.15) is 12.2 Å². The Morgan fingerprint density at radius 3 is 3.20 bits per heavy atom. The predicted molar refractivity (Wildman–Crippen MR) is 58.4 cm³/mol. The van der Waals surface area contributed by atoms with Crippen molar-refractivity contribution in [3.8, 4) is 0 Å². The second-order valence-electron chi connectivity index (χ2n) is 4.14. The van der Waals surface area contributed by atoms with Crippen molar-refractivity contribution < 1.29 is 0 Å². The summed E-state index contributed by atoms with van der Waals surface area (Å²) in [5, 5.41) is 13.8. The van der Waals surface area contributed by atoms with Crippen LogP contribution in [0.5, 0.6) is 0 Å². The maximum Gasteiger partial charge on any atom is 0.141 e. The number of nitrogens with one attached hydrogen (secondary N) is 3. The lowest BCUT2D eigenvalue weighted by Crippen LogP contribution is -2.32. The Kier molecular flexibility index (Phi) is 3.69. The summed E-state index contributed by atoms with van der Waals surface area (Å²) < 4.78 is 0. The number of nitrogens with zero attached hydrogens (tertiary/aromatic N) is 2. The van der Waals surface area contributed by atoms with Gasteiger partial charge in [-0.3, -0.25) is 5.10 Å². The highest BCUT2D eigenvalue weighted by Gasteiger charge is 2.16. The third-order valence-corrected chi connectivity index (χ3v) is 2.91. The van der Waals surface area contributed by atoms with Crippen molar-refractivity contribution in [1.82, 2.24) is 25.8 Å². The van der Waals surface area contributed by atoms with E-state index in [0.29, 0.717) is 6.04 Å². The van der Waals surface area contributed by atoms with Crippen LogP contribution in [-0.2, 0) is 0 Å². The van der Waals surface area contributed by atoms with Gasteiger partial charge in [-0.2, -0.15) is 5.10 Å². The van der Waals surface area contributed by atoms with Gasteiger partial charge in [-0.05, 0) is 39.3 Å². The van der Waals surface area contributed by atoms with E-state index in [1.54, 1.807) is 6.33 Å². The average Bonchev–Trinajstić information content (AvgIpc) is 2.65. The molecule has 0 amide bonds. The summed E-state index contributed by atoms with van der Waals surface area (Å²) in [6.45, 7) is 4.38. The molecule has 0 aromatic carbocycles. The van der Waals surface area contributed by atoms with Gasteiger partial charge < -0.3 is 10.6 Å². The van der Waals surface area contributed by atoms with Crippen molar-refractivity contribution >= 4 is 0 Å². The molecular weight excluding hydrogens is 190 g/mol. The van der Waals surface area contributed by atoms with Crippen LogP contribution in [0.15, 0.2) is 6.33 Å². The van der Waals surface area contributed by atoms with E-state index < -0.39 is 0 Å². The molecule has 0 bridgehead atoms. The lowest BCUT2D eigenvalue weighted by Gasteiger charge is -2.20. The largest absolute Gasteiger partial charge is 0.317 e. The Morgan fingerprint density at radius 2 is 2.40 bits per heavy atom. The number of aromatic amines is 1. The molecule has 0 spiro atoms. The normalized spacial score (nSPS) is 24.7. The minimum absolute atomic E-state index is 0.260. The van der Waals surface area contributed by atoms with Crippen LogP contribution in [0.3, 0.4) is 0 Å². The molecule has 5 nitrogen and oxygen atoms in total. The third-order valence-electron chi connectivity index (χ3n) is 2.91. The Morgan fingerprint density at radius 1 is 1.47 bits per heavy atom. The smallest absolute Gasteiger partial charge is 0.141 e. The van der Waals surface area contributed by atoms with Gasteiger partial charge in [-0.25, -0.2) is 4.98 Å². The summed E-state index contributed by atoms with van der Waals surface area (Å²) in [5.74, 6) is 0.923. The van der Waals surface area contributed by atoms with Crippen molar-refractivity contribution in [2.75, 3.05) is 13.1 Å². The maximum absolute atomic E-state index is 4.16. The van der Waals surface area contributed by atoms with Crippen LogP contribution in [0.1, 0.15) is 38.1 Å². The maximum atomic E-state index is 4.16. The minimum atomic E-state index is 0.260. The summed E-state index contributed by atoms with van der Waals surface area (Å²) >= 11 is 0. The Hall–Kier alpha value is -0.940. The molecule has 0 aliphatic carbocycles. The zero-order chi connectivity index (χ0) is 10.5. The van der Waals surface area contributed by atoms with Crippen LogP contribution >= 0.6 is 0 Å². The molecule has 84 valence electrons. The summed E-state index contributed by atoms with van der Waals surface area (Å²) in [7, 11) is 0. The fourth-order valence-electron chi connectivity index (χ4n) is 2.04. The number of hydrogen-bond donors (Lipinski definition) is 3. The van der Waals surface area contributed by atoms with Crippen molar-refractivity contribution in [3.05, 3.63) is 12.2 Å². The summed E-state index contributed by atoms with van der Waals surface area (Å²) in [5.41, 5.74) is 0. The molecule has 2 heterocycles. The van der Waals surface area contributed by atoms with E-state index in [1.807, 2.05) is 0 Å². The van der Waals surface area contributed by atoms with Crippen LogP contribution in [0.25, 0.3) is 0 Å². The first-order chi connectivity index (χ1) is 7.36. The molecular formula is C10H19N5. The fourth-order valence-corrected chi connectivity index (χ4v) is 2.04. The second kappa shape index (κ2) is 5.23. The topological polar surface area (TPSA) is 65.6 Å². The van der Waals surface area contributed by atoms with E-state index in [2.05, 4.69) is 32.7 Å². The minimum Gasteiger partial charge on any atom is -0.317 e. The van der Waals surface area contributed by atoms with Gasteiger partial charge in [0, 0.05) is 6.04 Å². The molecule has 1 aliphatic rings. The van der Waals surface area contributed by atoms with Gasteiger partial charge in [0.2, 0.25) is 0 Å². The van der Waals surface area contributed by atoms with E-state index >= 15 is 0 Å². The first kappa shape index (κ1) is 10.6. The fraction of sp³-hybridized carbons (Fsp3) is 0.800. The lowest BCUT2D eigenvalue weighted by molar-refractivity contribution is 0.411. The Bertz CT molecular complexity index is 263. The molecule has 2 unspecified atom stereocenters. The van der Waals surface area contributed by atoms with E-state index in [9.17, 15) is 0 Å². The summed E-state index contributed by atoms with van der Waals surface area (Å²) in [6.07, 6.45) is 5.24. The number of hydrogen-bond acceptors (Lipinski definition) is 4. The van der Waals surface area contributed by atoms with Crippen LogP contribution in [0, 0.1) is 0 Å². The first-order valence-electron chi connectivity index (χ1n) is 5.68. The van der Waals surface area contributed by atoms with Crippen molar-refractivity contribution in [1.29, 1.82) is 0 Å². The van der Waals surface area contributed by atoms with E-state index in [1.165, 1.54) is 19.3 Å². The number of aromatic nitrogens is 3. The second-order valence-corrected chi connectivity index (χ2v) is 4.14. The first-order valence-corrected chi connectivity index (χ1v) is 5.68. The molecule has 1 aromatic rings. The predicted octanol–water partition coefficient (Wildman–Crippen LogP) is 0.597.